The topological polar surface area (TPSA) is 169 Å². The van der Waals surface area contributed by atoms with E-state index in [0.717, 1.165) is 11.1 Å². The SMILES string of the molecule is CCOC(=O)CC(CC(=O)OCC)(N[C@@H](Cc1ccc(-c2ccccc2)cc1OC)C(=O)O)P(=O)(O)O. The van der Waals surface area contributed by atoms with Gasteiger partial charge in [-0.3, -0.25) is 24.3 Å². The van der Waals surface area contributed by atoms with Crippen LogP contribution in [0.15, 0.2) is 48.5 Å². The second-order valence-corrected chi connectivity index (χ2v) is 10.1. The van der Waals surface area contributed by atoms with Crippen LogP contribution in [0, 0.1) is 0 Å². The lowest BCUT2D eigenvalue weighted by Crippen LogP contribution is -2.56. The molecular weight excluding hydrogens is 505 g/mol. The third kappa shape index (κ3) is 8.13. The number of carbonyl (C=O) groups is 3. The van der Waals surface area contributed by atoms with Crippen LogP contribution in [0.4, 0.5) is 0 Å². The number of ether oxygens (including phenoxy) is 3. The molecule has 4 N–H and O–H groups in total. The van der Waals surface area contributed by atoms with Crippen LogP contribution in [0.1, 0.15) is 32.3 Å². The molecule has 2 aromatic carbocycles. The third-order valence-electron chi connectivity index (χ3n) is 5.60. The van der Waals surface area contributed by atoms with Crippen LogP contribution >= 0.6 is 7.60 Å². The first kappa shape index (κ1) is 30.0. The Morgan fingerprint density at radius 2 is 1.51 bits per heavy atom. The van der Waals surface area contributed by atoms with Crippen LogP contribution in [-0.4, -0.2) is 64.4 Å². The van der Waals surface area contributed by atoms with E-state index in [1.807, 2.05) is 30.3 Å². The second-order valence-electron chi connectivity index (χ2n) is 8.17. The van der Waals surface area contributed by atoms with E-state index in [0.29, 0.717) is 11.3 Å². The standard InChI is InChI=1S/C25H32NO10P/c1-4-35-22(27)15-25(37(31,32)33,16-23(28)36-5-2)26-20(24(29)30)13-19-12-11-18(14-21(19)34-3)17-9-7-6-8-10-17/h6-12,14,20,26H,4-5,13,15-16H2,1-3H3,(H,29,30)(H2,31,32,33)/t20-/m0/s1. The van der Waals surface area contributed by atoms with Gasteiger partial charge in [-0.05, 0) is 36.6 Å². The predicted molar refractivity (Wildman–Crippen MR) is 134 cm³/mol. The van der Waals surface area contributed by atoms with E-state index >= 15 is 0 Å². The molecule has 0 bridgehead atoms. The molecule has 0 aliphatic heterocycles. The first-order valence-electron chi connectivity index (χ1n) is 11.6. The average molecular weight is 538 g/mol. The Labute approximate surface area is 214 Å². The molecular formula is C25H32NO10P. The number of carbonyl (C=O) groups excluding carboxylic acids is 2. The van der Waals surface area contributed by atoms with Gasteiger partial charge in [-0.15, -0.1) is 0 Å². The van der Waals surface area contributed by atoms with Gasteiger partial charge in [0.2, 0.25) is 0 Å². The third-order valence-corrected chi connectivity index (χ3v) is 7.16. The predicted octanol–water partition coefficient (Wildman–Crippen LogP) is 2.73. The Morgan fingerprint density at radius 1 is 0.946 bits per heavy atom. The molecule has 202 valence electrons. The summed E-state index contributed by atoms with van der Waals surface area (Å²) in [4.78, 5) is 57.3. The van der Waals surface area contributed by atoms with Crippen molar-refractivity contribution in [2.45, 2.75) is 44.4 Å². The lowest BCUT2D eigenvalue weighted by Gasteiger charge is -2.36. The van der Waals surface area contributed by atoms with Crippen molar-refractivity contribution in [2.75, 3.05) is 20.3 Å². The van der Waals surface area contributed by atoms with Crippen LogP contribution in [0.5, 0.6) is 5.75 Å². The molecule has 0 heterocycles. The first-order chi connectivity index (χ1) is 17.5. The summed E-state index contributed by atoms with van der Waals surface area (Å²) in [6.07, 6.45) is -2.20. The molecule has 0 aliphatic carbocycles. The normalized spacial score (nSPS) is 12.5. The summed E-state index contributed by atoms with van der Waals surface area (Å²) in [5.41, 5.74) is 2.15. The quantitative estimate of drug-likeness (QED) is 0.206. The maximum Gasteiger partial charge on any atom is 0.346 e. The van der Waals surface area contributed by atoms with Gasteiger partial charge in [-0.2, -0.15) is 0 Å². The van der Waals surface area contributed by atoms with Gasteiger partial charge >= 0.3 is 25.5 Å². The molecule has 0 saturated heterocycles. The van der Waals surface area contributed by atoms with Crippen molar-refractivity contribution >= 4 is 25.5 Å². The van der Waals surface area contributed by atoms with E-state index in [4.69, 9.17) is 14.2 Å². The fraction of sp³-hybridized carbons (Fsp3) is 0.400. The van der Waals surface area contributed by atoms with Crippen LogP contribution < -0.4 is 10.1 Å². The largest absolute Gasteiger partial charge is 0.496 e. The van der Waals surface area contributed by atoms with Gasteiger partial charge in [0, 0.05) is 6.42 Å². The summed E-state index contributed by atoms with van der Waals surface area (Å²) >= 11 is 0. The Bertz CT molecular complexity index is 1110. The zero-order chi connectivity index (χ0) is 27.6. The average Bonchev–Trinajstić information content (AvgIpc) is 2.83. The minimum atomic E-state index is -5.33. The number of hydrogen-bond donors (Lipinski definition) is 4. The summed E-state index contributed by atoms with van der Waals surface area (Å²) in [6, 6.07) is 12.9. The lowest BCUT2D eigenvalue weighted by atomic mass is 9.98. The van der Waals surface area contributed by atoms with Gasteiger partial charge in [0.1, 0.15) is 17.1 Å². The lowest BCUT2D eigenvalue weighted by molar-refractivity contribution is -0.149. The molecule has 0 spiro atoms. The number of carboxylic acids is 1. The van der Waals surface area contributed by atoms with E-state index in [9.17, 15) is 33.8 Å². The molecule has 11 nitrogen and oxygen atoms in total. The molecule has 2 rings (SSSR count). The van der Waals surface area contributed by atoms with Crippen LogP contribution in [-0.2, 0) is 34.8 Å². The van der Waals surface area contributed by atoms with Crippen molar-refractivity contribution < 1.29 is 48.1 Å². The zero-order valence-electron chi connectivity index (χ0n) is 20.9. The van der Waals surface area contributed by atoms with Crippen LogP contribution in [0.25, 0.3) is 11.1 Å². The number of methoxy groups -OCH3 is 1. The summed E-state index contributed by atoms with van der Waals surface area (Å²) in [5, 5.41) is 9.78. The zero-order valence-corrected chi connectivity index (χ0v) is 21.8. The van der Waals surface area contributed by atoms with Gasteiger partial charge in [-0.1, -0.05) is 42.5 Å². The van der Waals surface area contributed by atoms with Gasteiger partial charge in [0.15, 0.2) is 0 Å². The van der Waals surface area contributed by atoms with Crippen molar-refractivity contribution in [2.24, 2.45) is 0 Å². The number of esters is 2. The Morgan fingerprint density at radius 3 is 1.97 bits per heavy atom. The fourth-order valence-electron chi connectivity index (χ4n) is 3.82. The van der Waals surface area contributed by atoms with Crippen LogP contribution in [0.2, 0.25) is 0 Å². The van der Waals surface area contributed by atoms with E-state index in [-0.39, 0.29) is 19.6 Å². The van der Waals surface area contributed by atoms with Gasteiger partial charge < -0.3 is 29.1 Å². The highest BCUT2D eigenvalue weighted by atomic mass is 31.2. The number of carboxylic acid groups (broad SMARTS) is 1. The minimum absolute atomic E-state index is 0.0806. The van der Waals surface area contributed by atoms with Gasteiger partial charge in [-0.25, -0.2) is 0 Å². The Balaban J connectivity index is 2.48. The van der Waals surface area contributed by atoms with Crippen LogP contribution in [0.3, 0.4) is 0 Å². The van der Waals surface area contributed by atoms with Gasteiger partial charge in [0.05, 0.1) is 33.2 Å². The smallest absolute Gasteiger partial charge is 0.346 e. The molecule has 0 radical (unpaired) electrons. The van der Waals surface area contributed by atoms with E-state index in [2.05, 4.69) is 5.32 Å². The Hall–Kier alpha value is -3.24. The van der Waals surface area contributed by atoms with Crippen molar-refractivity contribution in [3.8, 4) is 16.9 Å². The summed E-state index contributed by atoms with van der Waals surface area (Å²) < 4.78 is 27.8. The summed E-state index contributed by atoms with van der Waals surface area (Å²) in [6.45, 7) is 2.84. The van der Waals surface area contributed by atoms with Crippen molar-refractivity contribution in [3.63, 3.8) is 0 Å². The highest BCUT2D eigenvalue weighted by Gasteiger charge is 2.52. The van der Waals surface area contributed by atoms with Crippen molar-refractivity contribution in [1.29, 1.82) is 0 Å². The van der Waals surface area contributed by atoms with E-state index in [1.165, 1.54) is 21.0 Å². The van der Waals surface area contributed by atoms with Crippen molar-refractivity contribution in [3.05, 3.63) is 54.1 Å². The Kier molecular flexibility index (Phi) is 10.8. The molecule has 0 saturated carbocycles. The second kappa shape index (κ2) is 13.3. The maximum absolute atomic E-state index is 12.7. The highest BCUT2D eigenvalue weighted by Crippen LogP contribution is 2.53. The molecule has 0 fully saturated rings. The number of rotatable bonds is 14. The molecule has 0 amide bonds. The maximum atomic E-state index is 12.7. The number of benzene rings is 2. The van der Waals surface area contributed by atoms with E-state index in [1.54, 1.807) is 18.2 Å². The summed E-state index contributed by atoms with van der Waals surface area (Å²) in [7, 11) is -3.92. The van der Waals surface area contributed by atoms with Gasteiger partial charge in [0.25, 0.3) is 0 Å². The molecule has 0 unspecified atom stereocenters. The minimum Gasteiger partial charge on any atom is -0.496 e. The monoisotopic (exact) mass is 537 g/mol. The number of aliphatic carboxylic acids is 1. The molecule has 1 atom stereocenters. The number of hydrogen-bond acceptors (Lipinski definition) is 8. The molecule has 0 aromatic heterocycles. The van der Waals surface area contributed by atoms with E-state index < -0.39 is 49.7 Å². The highest BCUT2D eigenvalue weighted by molar-refractivity contribution is 7.53. The molecule has 37 heavy (non-hydrogen) atoms. The first-order valence-corrected chi connectivity index (χ1v) is 13.2. The molecule has 2 aromatic rings. The summed E-state index contributed by atoms with van der Waals surface area (Å²) in [5.74, 6) is -3.14. The molecule has 0 aliphatic rings. The number of nitrogens with one attached hydrogen (secondary N) is 1. The fourth-order valence-corrected chi connectivity index (χ4v) is 4.82. The molecule has 12 heteroatoms. The van der Waals surface area contributed by atoms with Crippen molar-refractivity contribution in [1.82, 2.24) is 5.32 Å².